The van der Waals surface area contributed by atoms with E-state index in [0.717, 1.165) is 11.6 Å². The second kappa shape index (κ2) is 19.8. The van der Waals surface area contributed by atoms with Crippen molar-refractivity contribution in [1.29, 1.82) is 0 Å². The molecule has 2 aromatic rings. The Morgan fingerprint density at radius 3 is 2.04 bits per heavy atom. The number of ether oxygens (including phenoxy) is 7. The Hall–Kier alpha value is -5.92. The van der Waals surface area contributed by atoms with E-state index in [9.17, 15) is 28.8 Å². The van der Waals surface area contributed by atoms with Crippen LogP contribution in [0.4, 0.5) is 0 Å². The van der Waals surface area contributed by atoms with E-state index in [2.05, 4.69) is 23.2 Å². The molecule has 2 saturated carbocycles. The number of hydrogen-bond acceptors (Lipinski definition) is 13. The van der Waals surface area contributed by atoms with Crippen LogP contribution in [0.5, 0.6) is 11.5 Å². The van der Waals surface area contributed by atoms with E-state index in [1.54, 1.807) is 19.1 Å². The van der Waals surface area contributed by atoms with Gasteiger partial charge in [-0.25, -0.2) is 14.4 Å². The minimum absolute atomic E-state index is 0.0399. The van der Waals surface area contributed by atoms with Crippen molar-refractivity contribution >= 4 is 35.8 Å². The SMILES string of the molecule is C#Cc1cc(C(=O)OC2(C#C)CCC(c3ccc(OC(=O)C4CCC(C(=O)OCOC(=O)C=C)CO4)cc3)CC2)ccc1OC(=O)C1CCC(C(=O)OCC)CC1. The van der Waals surface area contributed by atoms with E-state index in [-0.39, 0.29) is 53.6 Å². The van der Waals surface area contributed by atoms with E-state index in [0.29, 0.717) is 70.1 Å². The van der Waals surface area contributed by atoms with Gasteiger partial charge in [0.05, 0.1) is 42.1 Å². The van der Waals surface area contributed by atoms with E-state index in [1.165, 1.54) is 18.2 Å². The van der Waals surface area contributed by atoms with Crippen molar-refractivity contribution in [2.75, 3.05) is 20.0 Å². The van der Waals surface area contributed by atoms with E-state index in [1.807, 2.05) is 12.1 Å². The molecule has 1 saturated heterocycles. The average Bonchev–Trinajstić information content (AvgIpc) is 3.24. The van der Waals surface area contributed by atoms with Gasteiger partial charge in [-0.1, -0.05) is 30.6 Å². The third-order valence-electron chi connectivity index (χ3n) is 10.6. The lowest BCUT2D eigenvalue weighted by atomic mass is 9.76. The highest BCUT2D eigenvalue weighted by Crippen LogP contribution is 2.41. The Bertz CT molecular complexity index is 1890. The molecule has 13 nitrogen and oxygen atoms in total. The number of rotatable bonds is 13. The maximum atomic E-state index is 13.3. The fraction of sp³-hybridized carbons (Fsp3) is 0.455. The number of terminal acetylenes is 2. The topological polar surface area (TPSA) is 167 Å². The lowest BCUT2D eigenvalue weighted by Crippen LogP contribution is -2.38. The monoisotopic (exact) mass is 782 g/mol. The molecule has 0 radical (unpaired) electrons. The molecule has 0 bridgehead atoms. The van der Waals surface area contributed by atoms with Crippen molar-refractivity contribution < 1.29 is 61.9 Å². The minimum Gasteiger partial charge on any atom is -0.466 e. The van der Waals surface area contributed by atoms with Gasteiger partial charge in [0.1, 0.15) is 11.5 Å². The van der Waals surface area contributed by atoms with Crippen molar-refractivity contribution in [2.24, 2.45) is 17.8 Å². The van der Waals surface area contributed by atoms with Crippen LogP contribution < -0.4 is 9.47 Å². The molecular weight excluding hydrogens is 736 g/mol. The van der Waals surface area contributed by atoms with Gasteiger partial charge in [0.2, 0.25) is 6.79 Å². The Balaban J connectivity index is 1.07. The molecule has 2 aliphatic carbocycles. The molecule has 1 heterocycles. The number of benzene rings is 2. The van der Waals surface area contributed by atoms with Crippen LogP contribution in [0.15, 0.2) is 55.1 Å². The molecule has 13 heteroatoms. The largest absolute Gasteiger partial charge is 0.466 e. The molecule has 5 rings (SSSR count). The number of carbonyl (C=O) groups excluding carboxylic acids is 6. The molecule has 300 valence electrons. The summed E-state index contributed by atoms with van der Waals surface area (Å²) in [6, 6.07) is 11.5. The predicted molar refractivity (Wildman–Crippen MR) is 202 cm³/mol. The summed E-state index contributed by atoms with van der Waals surface area (Å²) in [6.07, 6.45) is 16.5. The standard InChI is InChI=1S/C44H46O13/c1-5-28-25-33(15-19-36(28)56-41(48)32-11-9-31(10-12-32)39(46)51-8-4)42(49)57-44(7-3)23-21-30(22-24-44)29-13-17-35(18-14-29)55-43(50)37-20-16-34(26-52-37)40(47)54-27-53-38(45)6-2/h1,3,6,13-15,17-19,25,30-32,34,37H,2,8-12,16,20-24,26-27H2,4H3. The highest BCUT2D eigenvalue weighted by Gasteiger charge is 2.39. The lowest BCUT2D eigenvalue weighted by molar-refractivity contribution is -0.174. The number of esters is 6. The smallest absolute Gasteiger partial charge is 0.340 e. The summed E-state index contributed by atoms with van der Waals surface area (Å²) in [5.41, 5.74) is 0.275. The lowest BCUT2D eigenvalue weighted by Gasteiger charge is -2.36. The third-order valence-corrected chi connectivity index (χ3v) is 10.6. The summed E-state index contributed by atoms with van der Waals surface area (Å²) < 4.78 is 37.4. The molecule has 1 aliphatic heterocycles. The molecule has 3 aliphatic rings. The summed E-state index contributed by atoms with van der Waals surface area (Å²) in [5, 5.41) is 0. The predicted octanol–water partition coefficient (Wildman–Crippen LogP) is 5.76. The Morgan fingerprint density at radius 2 is 1.44 bits per heavy atom. The molecule has 0 aromatic heterocycles. The number of carbonyl (C=O) groups is 6. The highest BCUT2D eigenvalue weighted by molar-refractivity contribution is 5.91. The minimum atomic E-state index is -1.12. The first-order chi connectivity index (χ1) is 27.5. The molecule has 57 heavy (non-hydrogen) atoms. The first-order valence-electron chi connectivity index (χ1n) is 19.1. The van der Waals surface area contributed by atoms with Crippen molar-refractivity contribution in [1.82, 2.24) is 0 Å². The van der Waals surface area contributed by atoms with E-state index >= 15 is 0 Å². The quantitative estimate of drug-likeness (QED) is 0.0602. The number of hydrogen-bond donors (Lipinski definition) is 0. The van der Waals surface area contributed by atoms with Gasteiger partial charge >= 0.3 is 35.8 Å². The fourth-order valence-corrected chi connectivity index (χ4v) is 7.24. The summed E-state index contributed by atoms with van der Waals surface area (Å²) in [6.45, 7) is 4.76. The molecular formula is C44H46O13. The normalized spacial score (nSPS) is 24.2. The van der Waals surface area contributed by atoms with Crippen LogP contribution in [0.3, 0.4) is 0 Å². The van der Waals surface area contributed by atoms with Crippen molar-refractivity contribution in [2.45, 2.75) is 88.8 Å². The molecule has 2 atom stereocenters. The second-order valence-corrected chi connectivity index (χ2v) is 14.2. The highest BCUT2D eigenvalue weighted by atomic mass is 16.7. The van der Waals surface area contributed by atoms with Gasteiger partial charge in [0.15, 0.2) is 11.7 Å². The first-order valence-corrected chi connectivity index (χ1v) is 19.1. The van der Waals surface area contributed by atoms with Gasteiger partial charge in [-0.15, -0.1) is 12.8 Å². The third kappa shape index (κ3) is 11.1. The van der Waals surface area contributed by atoms with Crippen molar-refractivity contribution in [3.63, 3.8) is 0 Å². The van der Waals surface area contributed by atoms with Gasteiger partial charge in [-0.3, -0.25) is 14.4 Å². The summed E-state index contributed by atoms with van der Waals surface area (Å²) >= 11 is 0. The molecule has 3 fully saturated rings. The Morgan fingerprint density at radius 1 is 0.789 bits per heavy atom. The first kappa shape index (κ1) is 42.2. The molecule has 2 unspecified atom stereocenters. The summed E-state index contributed by atoms with van der Waals surface area (Å²) in [5.74, 6) is 1.38. The molecule has 0 amide bonds. The van der Waals surface area contributed by atoms with Gasteiger partial charge in [-0.2, -0.15) is 0 Å². The molecule has 2 aromatic carbocycles. The van der Waals surface area contributed by atoms with Gasteiger partial charge < -0.3 is 33.2 Å². The maximum Gasteiger partial charge on any atom is 0.340 e. The van der Waals surface area contributed by atoms with Crippen LogP contribution in [0.2, 0.25) is 0 Å². The van der Waals surface area contributed by atoms with Gasteiger partial charge in [0, 0.05) is 6.08 Å². The van der Waals surface area contributed by atoms with E-state index in [4.69, 9.17) is 41.3 Å². The average molecular weight is 783 g/mol. The van der Waals surface area contributed by atoms with Crippen molar-refractivity contribution in [3.8, 4) is 36.2 Å². The van der Waals surface area contributed by atoms with Gasteiger partial charge in [-0.05, 0) is 113 Å². The Labute approximate surface area is 331 Å². The Kier molecular flexibility index (Phi) is 14.7. The summed E-state index contributed by atoms with van der Waals surface area (Å²) in [7, 11) is 0. The van der Waals surface area contributed by atoms with E-state index < -0.39 is 54.3 Å². The zero-order valence-electron chi connectivity index (χ0n) is 31.9. The van der Waals surface area contributed by atoms with Crippen LogP contribution >= 0.6 is 0 Å². The van der Waals surface area contributed by atoms with Crippen LogP contribution in [0.25, 0.3) is 0 Å². The van der Waals surface area contributed by atoms with Crippen LogP contribution in [-0.2, 0) is 47.7 Å². The van der Waals surface area contributed by atoms with Crippen LogP contribution in [0.1, 0.15) is 98.5 Å². The van der Waals surface area contributed by atoms with Crippen LogP contribution in [-0.4, -0.2) is 67.5 Å². The zero-order valence-corrected chi connectivity index (χ0v) is 31.9. The maximum absolute atomic E-state index is 13.3. The molecule has 0 N–H and O–H groups in total. The summed E-state index contributed by atoms with van der Waals surface area (Å²) in [4.78, 5) is 74.4. The van der Waals surface area contributed by atoms with Gasteiger partial charge in [0.25, 0.3) is 0 Å². The van der Waals surface area contributed by atoms with Crippen molar-refractivity contribution in [3.05, 3.63) is 71.8 Å². The molecule has 0 spiro atoms. The fourth-order valence-electron chi connectivity index (χ4n) is 7.24. The van der Waals surface area contributed by atoms with Crippen LogP contribution in [0, 0.1) is 42.4 Å². The second-order valence-electron chi connectivity index (χ2n) is 14.2. The zero-order chi connectivity index (χ0) is 41.0.